The highest BCUT2D eigenvalue weighted by Crippen LogP contribution is 2.27. The molecule has 0 saturated heterocycles. The number of hydrogen-bond acceptors (Lipinski definition) is 3. The summed E-state index contributed by atoms with van der Waals surface area (Å²) >= 11 is 9.64. The third-order valence-electron chi connectivity index (χ3n) is 3.19. The van der Waals surface area contributed by atoms with Crippen LogP contribution in [0.15, 0.2) is 33.9 Å². The Hall–Kier alpha value is -0.840. The highest BCUT2D eigenvalue weighted by Gasteiger charge is 2.26. The quantitative estimate of drug-likeness (QED) is 0.825. The normalized spacial score (nSPS) is 18.9. The van der Waals surface area contributed by atoms with Crippen molar-refractivity contribution in [1.29, 1.82) is 0 Å². The van der Waals surface area contributed by atoms with E-state index >= 15 is 0 Å². The number of allylic oxidation sites excluding steroid dienone is 1. The molecule has 1 aromatic carbocycles. The molecule has 1 atom stereocenters. The van der Waals surface area contributed by atoms with Crippen molar-refractivity contribution >= 4 is 33.8 Å². The highest BCUT2D eigenvalue weighted by molar-refractivity contribution is 9.10. The van der Waals surface area contributed by atoms with Crippen molar-refractivity contribution in [2.45, 2.75) is 26.3 Å². The third-order valence-corrected chi connectivity index (χ3v) is 4.04. The largest absolute Gasteiger partial charge is 0.324 e. The van der Waals surface area contributed by atoms with Crippen LogP contribution >= 0.6 is 27.5 Å². The second kappa shape index (κ2) is 6.07. The lowest BCUT2D eigenvalue weighted by Gasteiger charge is -2.12. The van der Waals surface area contributed by atoms with Gasteiger partial charge in [-0.2, -0.15) is 0 Å². The number of rotatable bonds is 4. The first-order valence-electron chi connectivity index (χ1n) is 6.16. The van der Waals surface area contributed by atoms with Crippen LogP contribution in [0.5, 0.6) is 0 Å². The lowest BCUT2D eigenvalue weighted by atomic mass is 9.95. The van der Waals surface area contributed by atoms with Crippen molar-refractivity contribution in [1.82, 2.24) is 10.9 Å². The van der Waals surface area contributed by atoms with E-state index in [4.69, 9.17) is 11.6 Å². The van der Waals surface area contributed by atoms with Gasteiger partial charge in [-0.3, -0.25) is 0 Å². The van der Waals surface area contributed by atoms with E-state index in [0.717, 1.165) is 27.6 Å². The third kappa shape index (κ3) is 3.19. The number of aldehydes is 1. The Morgan fingerprint density at radius 2 is 2.21 bits per heavy atom. The first kappa shape index (κ1) is 14.6. The number of nitrogens with one attached hydrogen (secondary N) is 2. The fraction of sp³-hybridized carbons (Fsp3) is 0.357. The topological polar surface area (TPSA) is 41.1 Å². The van der Waals surface area contributed by atoms with Gasteiger partial charge in [0.2, 0.25) is 0 Å². The van der Waals surface area contributed by atoms with Crippen LogP contribution in [0.3, 0.4) is 0 Å². The summed E-state index contributed by atoms with van der Waals surface area (Å²) in [5.41, 5.74) is 9.27. The van der Waals surface area contributed by atoms with Crippen molar-refractivity contribution in [2.24, 2.45) is 5.92 Å². The number of carbonyl (C=O) groups excluding carboxylic acids is 1. The molecule has 1 aliphatic rings. The van der Waals surface area contributed by atoms with E-state index < -0.39 is 0 Å². The lowest BCUT2D eigenvalue weighted by molar-refractivity contribution is -0.108. The molecule has 2 rings (SSSR count). The van der Waals surface area contributed by atoms with E-state index in [-0.39, 0.29) is 6.04 Å². The molecule has 102 valence electrons. The predicted octanol–water partition coefficient (Wildman–Crippen LogP) is 3.23. The number of hydrogen-bond donors (Lipinski definition) is 2. The van der Waals surface area contributed by atoms with Gasteiger partial charge in [-0.05, 0) is 35.6 Å². The van der Waals surface area contributed by atoms with Crippen LogP contribution in [0.1, 0.15) is 19.4 Å². The molecule has 0 saturated carbocycles. The first-order chi connectivity index (χ1) is 9.02. The molecule has 19 heavy (non-hydrogen) atoms. The van der Waals surface area contributed by atoms with E-state index in [1.54, 1.807) is 0 Å². The van der Waals surface area contributed by atoms with Crippen molar-refractivity contribution in [3.63, 3.8) is 0 Å². The summed E-state index contributed by atoms with van der Waals surface area (Å²) < 4.78 is 0.953. The molecule has 1 unspecified atom stereocenters. The predicted molar refractivity (Wildman–Crippen MR) is 80.8 cm³/mol. The fourth-order valence-electron chi connectivity index (χ4n) is 2.20. The summed E-state index contributed by atoms with van der Waals surface area (Å²) in [7, 11) is 0. The summed E-state index contributed by atoms with van der Waals surface area (Å²) in [5, 5.41) is 0.710. The number of hydrazine groups is 1. The maximum atomic E-state index is 11.1. The second-order valence-corrected chi connectivity index (χ2v) is 6.21. The van der Waals surface area contributed by atoms with Gasteiger partial charge in [0.25, 0.3) is 0 Å². The van der Waals surface area contributed by atoms with E-state index in [1.165, 1.54) is 0 Å². The Kier molecular flexibility index (Phi) is 4.66. The van der Waals surface area contributed by atoms with Gasteiger partial charge in [-0.1, -0.05) is 47.4 Å². The molecular weight excluding hydrogens is 328 g/mol. The van der Waals surface area contributed by atoms with E-state index in [2.05, 4.69) is 40.6 Å². The van der Waals surface area contributed by atoms with Gasteiger partial charge in [0.1, 0.15) is 12.3 Å². The average Bonchev–Trinajstić information content (AvgIpc) is 2.75. The van der Waals surface area contributed by atoms with Gasteiger partial charge in [-0.25, -0.2) is 5.43 Å². The molecule has 2 N–H and O–H groups in total. The first-order valence-corrected chi connectivity index (χ1v) is 7.33. The number of carbonyl (C=O) groups is 1. The molecule has 0 radical (unpaired) electrons. The molecule has 0 bridgehead atoms. The van der Waals surface area contributed by atoms with Gasteiger partial charge in [0.05, 0.1) is 0 Å². The zero-order valence-corrected chi connectivity index (χ0v) is 13.2. The monoisotopic (exact) mass is 342 g/mol. The SMILES string of the molecule is CC(C)C1=C(Cc2ccc(Br)cc2Cl)C(C=O)NN1. The van der Waals surface area contributed by atoms with Crippen LogP contribution in [-0.4, -0.2) is 12.3 Å². The van der Waals surface area contributed by atoms with Crippen LogP contribution in [0.25, 0.3) is 0 Å². The zero-order chi connectivity index (χ0) is 14.0. The van der Waals surface area contributed by atoms with Gasteiger partial charge < -0.3 is 10.2 Å². The molecule has 0 aromatic heterocycles. The molecule has 0 amide bonds. The van der Waals surface area contributed by atoms with Crippen molar-refractivity contribution in [3.8, 4) is 0 Å². The minimum Gasteiger partial charge on any atom is -0.324 e. The van der Waals surface area contributed by atoms with Gasteiger partial charge in [-0.15, -0.1) is 0 Å². The van der Waals surface area contributed by atoms with Gasteiger partial charge in [0.15, 0.2) is 0 Å². The van der Waals surface area contributed by atoms with Gasteiger partial charge in [0, 0.05) is 15.2 Å². The molecule has 3 nitrogen and oxygen atoms in total. The number of halogens is 2. The highest BCUT2D eigenvalue weighted by atomic mass is 79.9. The van der Waals surface area contributed by atoms with E-state index in [9.17, 15) is 4.79 Å². The summed E-state index contributed by atoms with van der Waals surface area (Å²) in [6.45, 7) is 4.20. The fourth-order valence-corrected chi connectivity index (χ4v) is 2.94. The zero-order valence-electron chi connectivity index (χ0n) is 10.8. The Labute approximate surface area is 126 Å². The number of benzene rings is 1. The van der Waals surface area contributed by atoms with Crippen molar-refractivity contribution in [2.75, 3.05) is 0 Å². The molecule has 5 heteroatoms. The second-order valence-electron chi connectivity index (χ2n) is 4.89. The molecule has 1 heterocycles. The van der Waals surface area contributed by atoms with Crippen LogP contribution in [-0.2, 0) is 11.2 Å². The van der Waals surface area contributed by atoms with E-state index in [1.807, 2.05) is 18.2 Å². The molecule has 0 aliphatic carbocycles. The van der Waals surface area contributed by atoms with Crippen LogP contribution in [0, 0.1) is 5.92 Å². The summed E-state index contributed by atoms with van der Waals surface area (Å²) in [6.07, 6.45) is 1.59. The molecule has 0 fully saturated rings. The lowest BCUT2D eigenvalue weighted by Crippen LogP contribution is -2.34. The maximum absolute atomic E-state index is 11.1. The van der Waals surface area contributed by atoms with E-state index in [0.29, 0.717) is 17.4 Å². The standard InChI is InChI=1S/C14H16BrClN2O/c1-8(2)14-11(13(7-19)17-18-14)5-9-3-4-10(15)6-12(9)16/h3-4,6-8,13,17-18H,5H2,1-2H3. The summed E-state index contributed by atoms with van der Waals surface area (Å²) in [5.74, 6) is 0.335. The Morgan fingerprint density at radius 3 is 2.79 bits per heavy atom. The summed E-state index contributed by atoms with van der Waals surface area (Å²) in [4.78, 5) is 11.1. The van der Waals surface area contributed by atoms with Gasteiger partial charge >= 0.3 is 0 Å². The Balaban J connectivity index is 2.33. The average molecular weight is 344 g/mol. The molecule has 1 aromatic rings. The van der Waals surface area contributed by atoms with Crippen molar-refractivity contribution < 1.29 is 4.79 Å². The summed E-state index contributed by atoms with van der Waals surface area (Å²) in [6, 6.07) is 5.54. The van der Waals surface area contributed by atoms with Crippen LogP contribution in [0.4, 0.5) is 0 Å². The maximum Gasteiger partial charge on any atom is 0.142 e. The molecular formula is C14H16BrClN2O. The molecule has 1 aliphatic heterocycles. The molecule has 0 spiro atoms. The minimum atomic E-state index is -0.280. The Morgan fingerprint density at radius 1 is 1.47 bits per heavy atom. The smallest absolute Gasteiger partial charge is 0.142 e. The van der Waals surface area contributed by atoms with Crippen LogP contribution in [0.2, 0.25) is 5.02 Å². The van der Waals surface area contributed by atoms with Crippen LogP contribution < -0.4 is 10.9 Å². The van der Waals surface area contributed by atoms with Crippen molar-refractivity contribution in [3.05, 3.63) is 44.5 Å². The minimum absolute atomic E-state index is 0.280. The Bertz CT molecular complexity index is 528.